The van der Waals surface area contributed by atoms with Crippen molar-refractivity contribution in [2.45, 2.75) is 43.5 Å². The lowest BCUT2D eigenvalue weighted by Gasteiger charge is -2.20. The standard InChI is InChI=1S/C18H22N4O2S/c1-13-5-7-15(8-6-13)25(23,24)21-14-9-10-22(11-14)18-16-3-2-4-17(16)19-12-20-18/h5-8,12,14,21H,2-4,9-11H2,1H3/t14-/m0/s1. The summed E-state index contributed by atoms with van der Waals surface area (Å²) in [4.78, 5) is 11.3. The van der Waals surface area contributed by atoms with Crippen molar-refractivity contribution in [1.29, 1.82) is 0 Å². The zero-order valence-electron chi connectivity index (χ0n) is 14.3. The smallest absolute Gasteiger partial charge is 0.240 e. The van der Waals surface area contributed by atoms with Crippen molar-refractivity contribution in [3.05, 3.63) is 47.4 Å². The molecule has 0 radical (unpaired) electrons. The van der Waals surface area contributed by atoms with Crippen molar-refractivity contribution in [2.24, 2.45) is 0 Å². The van der Waals surface area contributed by atoms with Crippen LogP contribution in [0.5, 0.6) is 0 Å². The molecule has 2 aliphatic rings. The highest BCUT2D eigenvalue weighted by Crippen LogP contribution is 2.30. The molecule has 1 atom stereocenters. The van der Waals surface area contributed by atoms with Crippen molar-refractivity contribution in [2.75, 3.05) is 18.0 Å². The SMILES string of the molecule is Cc1ccc(S(=O)(=O)N[C@H]2CCN(c3ncnc4c3CCC4)C2)cc1. The summed E-state index contributed by atoms with van der Waals surface area (Å²) in [6.45, 7) is 3.40. The minimum Gasteiger partial charge on any atom is -0.355 e. The van der Waals surface area contributed by atoms with E-state index in [2.05, 4.69) is 19.6 Å². The Hall–Kier alpha value is -1.99. The molecular weight excluding hydrogens is 336 g/mol. The van der Waals surface area contributed by atoms with Crippen LogP contribution < -0.4 is 9.62 Å². The largest absolute Gasteiger partial charge is 0.355 e. The molecule has 1 fully saturated rings. The molecular formula is C18H22N4O2S. The first-order valence-corrected chi connectivity index (χ1v) is 10.2. The van der Waals surface area contributed by atoms with E-state index in [9.17, 15) is 8.42 Å². The van der Waals surface area contributed by atoms with Crippen molar-refractivity contribution in [3.63, 3.8) is 0 Å². The van der Waals surface area contributed by atoms with Crippen molar-refractivity contribution < 1.29 is 8.42 Å². The van der Waals surface area contributed by atoms with E-state index in [1.165, 1.54) is 5.56 Å². The monoisotopic (exact) mass is 358 g/mol. The molecule has 25 heavy (non-hydrogen) atoms. The number of aromatic nitrogens is 2. The Morgan fingerprint density at radius 3 is 2.76 bits per heavy atom. The second kappa shape index (κ2) is 6.38. The van der Waals surface area contributed by atoms with Gasteiger partial charge in [-0.1, -0.05) is 17.7 Å². The van der Waals surface area contributed by atoms with Gasteiger partial charge < -0.3 is 4.90 Å². The van der Waals surface area contributed by atoms with E-state index in [0.717, 1.165) is 49.3 Å². The molecule has 0 unspecified atom stereocenters. The molecule has 0 amide bonds. The van der Waals surface area contributed by atoms with E-state index >= 15 is 0 Å². The topological polar surface area (TPSA) is 75.2 Å². The number of aryl methyl sites for hydroxylation is 2. The summed E-state index contributed by atoms with van der Waals surface area (Å²) in [6, 6.07) is 6.85. The number of sulfonamides is 1. The third-order valence-corrected chi connectivity index (χ3v) is 6.53. The molecule has 7 heteroatoms. The minimum absolute atomic E-state index is 0.0988. The summed E-state index contributed by atoms with van der Waals surface area (Å²) in [5.41, 5.74) is 3.43. The average molecular weight is 358 g/mol. The molecule has 2 heterocycles. The molecule has 1 aliphatic heterocycles. The first-order chi connectivity index (χ1) is 12.0. The van der Waals surface area contributed by atoms with Crippen molar-refractivity contribution in [1.82, 2.24) is 14.7 Å². The van der Waals surface area contributed by atoms with Gasteiger partial charge in [-0.3, -0.25) is 0 Å². The fourth-order valence-corrected chi connectivity index (χ4v) is 4.93. The molecule has 1 aliphatic carbocycles. The molecule has 4 rings (SSSR count). The van der Waals surface area contributed by atoms with Gasteiger partial charge in [0.1, 0.15) is 12.1 Å². The van der Waals surface area contributed by atoms with Gasteiger partial charge in [0.15, 0.2) is 0 Å². The van der Waals surface area contributed by atoms with Crippen LogP contribution in [0.25, 0.3) is 0 Å². The Balaban J connectivity index is 1.48. The van der Waals surface area contributed by atoms with E-state index < -0.39 is 10.0 Å². The normalized spacial score (nSPS) is 20.0. The number of benzene rings is 1. The molecule has 0 saturated carbocycles. The maximum absolute atomic E-state index is 12.6. The lowest BCUT2D eigenvalue weighted by Crippen LogP contribution is -2.37. The molecule has 132 valence electrons. The highest BCUT2D eigenvalue weighted by atomic mass is 32.2. The maximum Gasteiger partial charge on any atom is 0.240 e. The van der Waals surface area contributed by atoms with Crippen LogP contribution in [0.3, 0.4) is 0 Å². The van der Waals surface area contributed by atoms with Crippen molar-refractivity contribution >= 4 is 15.8 Å². The van der Waals surface area contributed by atoms with E-state index in [0.29, 0.717) is 11.4 Å². The highest BCUT2D eigenvalue weighted by Gasteiger charge is 2.30. The van der Waals surface area contributed by atoms with E-state index in [-0.39, 0.29) is 6.04 Å². The van der Waals surface area contributed by atoms with E-state index in [1.807, 2.05) is 19.1 Å². The van der Waals surface area contributed by atoms with Crippen LogP contribution in [0.4, 0.5) is 5.82 Å². The minimum atomic E-state index is -3.49. The van der Waals surface area contributed by atoms with Gasteiger partial charge in [-0.05, 0) is 44.7 Å². The number of nitrogens with one attached hydrogen (secondary N) is 1. The number of nitrogens with zero attached hydrogens (tertiary/aromatic N) is 3. The van der Waals surface area contributed by atoms with Gasteiger partial charge >= 0.3 is 0 Å². The van der Waals surface area contributed by atoms with Crippen LogP contribution >= 0.6 is 0 Å². The predicted molar refractivity (Wildman–Crippen MR) is 96.2 cm³/mol. The van der Waals surface area contributed by atoms with E-state index in [4.69, 9.17) is 0 Å². The lowest BCUT2D eigenvalue weighted by molar-refractivity contribution is 0.561. The van der Waals surface area contributed by atoms with Crippen molar-refractivity contribution in [3.8, 4) is 0 Å². The van der Waals surface area contributed by atoms with Gasteiger partial charge in [0.2, 0.25) is 10.0 Å². The molecule has 2 aromatic rings. The molecule has 1 N–H and O–H groups in total. The third-order valence-electron chi connectivity index (χ3n) is 4.99. The molecule has 1 aromatic carbocycles. The third kappa shape index (κ3) is 3.26. The van der Waals surface area contributed by atoms with Crippen LogP contribution in [0, 0.1) is 6.92 Å². The fraction of sp³-hybridized carbons (Fsp3) is 0.444. The fourth-order valence-electron chi connectivity index (χ4n) is 3.67. The molecule has 0 spiro atoms. The summed E-state index contributed by atoms with van der Waals surface area (Å²) in [5, 5.41) is 0. The molecule has 1 aromatic heterocycles. The molecule has 0 bridgehead atoms. The number of anilines is 1. The second-order valence-corrected chi connectivity index (χ2v) is 8.56. The maximum atomic E-state index is 12.6. The van der Waals surface area contributed by atoms with Gasteiger partial charge in [0, 0.05) is 30.4 Å². The number of rotatable bonds is 4. The van der Waals surface area contributed by atoms with Crippen LogP contribution in [0.2, 0.25) is 0 Å². The Labute approximate surface area is 148 Å². The number of fused-ring (bicyclic) bond motifs is 1. The number of hydrogen-bond acceptors (Lipinski definition) is 5. The Kier molecular flexibility index (Phi) is 4.21. The van der Waals surface area contributed by atoms with E-state index in [1.54, 1.807) is 18.5 Å². The first-order valence-electron chi connectivity index (χ1n) is 8.69. The van der Waals surface area contributed by atoms with Crippen LogP contribution in [0.15, 0.2) is 35.5 Å². The predicted octanol–water partition coefficient (Wildman–Crippen LogP) is 1.83. The Morgan fingerprint density at radius 1 is 1.16 bits per heavy atom. The lowest BCUT2D eigenvalue weighted by atomic mass is 10.2. The van der Waals surface area contributed by atoms with Gasteiger partial charge in [0.05, 0.1) is 4.90 Å². The Morgan fingerprint density at radius 2 is 1.96 bits per heavy atom. The second-order valence-electron chi connectivity index (χ2n) is 6.84. The summed E-state index contributed by atoms with van der Waals surface area (Å²) in [5.74, 6) is 0.986. The van der Waals surface area contributed by atoms with Gasteiger partial charge in [-0.15, -0.1) is 0 Å². The summed E-state index contributed by atoms with van der Waals surface area (Å²) < 4.78 is 28.0. The summed E-state index contributed by atoms with van der Waals surface area (Å²) in [6.07, 6.45) is 5.56. The number of hydrogen-bond donors (Lipinski definition) is 1. The van der Waals surface area contributed by atoms with Gasteiger partial charge in [-0.2, -0.15) is 0 Å². The zero-order valence-corrected chi connectivity index (χ0v) is 15.1. The van der Waals surface area contributed by atoms with Crippen LogP contribution in [-0.4, -0.2) is 37.5 Å². The first kappa shape index (κ1) is 16.5. The molecule has 6 nitrogen and oxygen atoms in total. The highest BCUT2D eigenvalue weighted by molar-refractivity contribution is 7.89. The molecule has 1 saturated heterocycles. The average Bonchev–Trinajstić information content (AvgIpc) is 3.23. The van der Waals surface area contributed by atoms with Crippen LogP contribution in [-0.2, 0) is 22.9 Å². The zero-order chi connectivity index (χ0) is 17.4. The van der Waals surface area contributed by atoms with Gasteiger partial charge in [-0.25, -0.2) is 23.1 Å². The van der Waals surface area contributed by atoms with Gasteiger partial charge in [0.25, 0.3) is 0 Å². The summed E-state index contributed by atoms with van der Waals surface area (Å²) in [7, 11) is -3.49. The summed E-state index contributed by atoms with van der Waals surface area (Å²) >= 11 is 0. The van der Waals surface area contributed by atoms with Crippen LogP contribution in [0.1, 0.15) is 29.7 Å². The quantitative estimate of drug-likeness (QED) is 0.902. The Bertz CT molecular complexity index is 880.